The van der Waals surface area contributed by atoms with E-state index in [2.05, 4.69) is 21.9 Å². The van der Waals surface area contributed by atoms with Gasteiger partial charge in [0, 0.05) is 24.7 Å². The van der Waals surface area contributed by atoms with Gasteiger partial charge in [-0.05, 0) is 18.8 Å². The van der Waals surface area contributed by atoms with E-state index < -0.39 is 10.0 Å². The van der Waals surface area contributed by atoms with Crippen LogP contribution in [0.1, 0.15) is 32.6 Å². The average molecular weight is 328 g/mol. The Morgan fingerprint density at radius 1 is 1.38 bits per heavy atom. The Bertz CT molecular complexity index is 735. The fourth-order valence-corrected chi connectivity index (χ4v) is 5.37. The van der Waals surface area contributed by atoms with Gasteiger partial charge in [0.25, 0.3) is 10.0 Å². The third-order valence-electron chi connectivity index (χ3n) is 4.13. The molecule has 2 aromatic heterocycles. The van der Waals surface area contributed by atoms with Gasteiger partial charge < -0.3 is 5.32 Å². The van der Waals surface area contributed by atoms with Gasteiger partial charge >= 0.3 is 0 Å². The lowest BCUT2D eigenvalue weighted by Gasteiger charge is -2.29. The molecule has 8 heteroatoms. The third-order valence-corrected chi connectivity index (χ3v) is 6.40. The molecule has 2 atom stereocenters. The fourth-order valence-electron chi connectivity index (χ4n) is 2.93. The molecule has 2 unspecified atom stereocenters. The van der Waals surface area contributed by atoms with Crippen molar-refractivity contribution in [1.29, 1.82) is 0 Å². The van der Waals surface area contributed by atoms with Crippen molar-refractivity contribution >= 4 is 32.1 Å². The van der Waals surface area contributed by atoms with Crippen molar-refractivity contribution in [3.05, 3.63) is 11.6 Å². The number of fused-ring (bicyclic) bond motifs is 1. The Kier molecular flexibility index (Phi) is 3.94. The summed E-state index contributed by atoms with van der Waals surface area (Å²) in [6.45, 7) is 2.11. The Morgan fingerprint density at radius 2 is 2.14 bits per heavy atom. The topological polar surface area (TPSA) is 75.5 Å². The van der Waals surface area contributed by atoms with Crippen molar-refractivity contribution in [2.24, 2.45) is 5.92 Å². The first-order chi connectivity index (χ1) is 10.0. The summed E-state index contributed by atoms with van der Waals surface area (Å²) in [5, 5.41) is 4.93. The zero-order chi connectivity index (χ0) is 15.0. The monoisotopic (exact) mass is 328 g/mol. The van der Waals surface area contributed by atoms with Crippen molar-refractivity contribution in [2.45, 2.75) is 43.7 Å². The Hall–Kier alpha value is -1.12. The van der Waals surface area contributed by atoms with Crippen LogP contribution < -0.4 is 10.0 Å². The molecule has 3 rings (SSSR count). The highest BCUT2D eigenvalue weighted by atomic mass is 32.2. The van der Waals surface area contributed by atoms with Crippen LogP contribution in [0, 0.1) is 5.92 Å². The molecule has 0 bridgehead atoms. The molecule has 2 heterocycles. The van der Waals surface area contributed by atoms with Crippen LogP contribution in [0.25, 0.3) is 4.96 Å². The summed E-state index contributed by atoms with van der Waals surface area (Å²) in [4.78, 5) is 5.00. The van der Waals surface area contributed by atoms with Crippen LogP contribution in [0.2, 0.25) is 0 Å². The maximum absolute atomic E-state index is 12.8. The van der Waals surface area contributed by atoms with Gasteiger partial charge in [0.2, 0.25) is 0 Å². The second-order valence-electron chi connectivity index (χ2n) is 5.56. The smallest absolute Gasteiger partial charge is 0.260 e. The summed E-state index contributed by atoms with van der Waals surface area (Å²) in [6, 6.07) is 0.0117. The van der Waals surface area contributed by atoms with Crippen LogP contribution in [0.15, 0.2) is 16.6 Å². The first-order valence-corrected chi connectivity index (χ1v) is 9.55. The zero-order valence-corrected chi connectivity index (χ0v) is 13.8. The van der Waals surface area contributed by atoms with Crippen LogP contribution >= 0.6 is 11.3 Å². The van der Waals surface area contributed by atoms with E-state index in [4.69, 9.17) is 0 Å². The van der Waals surface area contributed by atoms with Gasteiger partial charge in [0.1, 0.15) is 0 Å². The van der Waals surface area contributed by atoms with Crippen molar-refractivity contribution in [3.63, 3.8) is 0 Å². The van der Waals surface area contributed by atoms with E-state index >= 15 is 0 Å². The number of nitrogens with one attached hydrogen (secondary N) is 2. The number of hydrogen-bond acceptors (Lipinski definition) is 5. The highest BCUT2D eigenvalue weighted by molar-refractivity contribution is 7.89. The summed E-state index contributed by atoms with van der Waals surface area (Å²) in [5.74, 6) is 0.773. The second-order valence-corrected chi connectivity index (χ2v) is 8.06. The van der Waals surface area contributed by atoms with E-state index in [1.54, 1.807) is 17.6 Å². The standard InChI is InChI=1S/C13H20N4O2S2/c1-9-5-3-4-6-10(9)16-21(18,19)12-11(14-2)15-13-17(12)7-8-20-13/h7-10,14,16H,3-6H2,1-2H3. The zero-order valence-electron chi connectivity index (χ0n) is 12.2. The first kappa shape index (κ1) is 14.8. The molecule has 1 aliphatic rings. The van der Waals surface area contributed by atoms with E-state index in [0.29, 0.717) is 16.7 Å². The molecular weight excluding hydrogens is 308 g/mol. The lowest BCUT2D eigenvalue weighted by Crippen LogP contribution is -2.41. The van der Waals surface area contributed by atoms with Crippen LogP contribution in [0.3, 0.4) is 0 Å². The first-order valence-electron chi connectivity index (χ1n) is 7.18. The Balaban J connectivity index is 1.97. The van der Waals surface area contributed by atoms with Crippen molar-refractivity contribution < 1.29 is 8.42 Å². The number of imidazole rings is 1. The summed E-state index contributed by atoms with van der Waals surface area (Å²) < 4.78 is 30.1. The molecule has 0 saturated heterocycles. The third kappa shape index (κ3) is 2.67. The molecule has 2 aromatic rings. The molecule has 21 heavy (non-hydrogen) atoms. The lowest BCUT2D eigenvalue weighted by atomic mass is 9.87. The van der Waals surface area contributed by atoms with Crippen molar-refractivity contribution in [2.75, 3.05) is 12.4 Å². The summed E-state index contributed by atoms with van der Waals surface area (Å²) in [7, 11) is -1.90. The summed E-state index contributed by atoms with van der Waals surface area (Å²) >= 11 is 1.42. The number of anilines is 1. The number of sulfonamides is 1. The molecule has 0 spiro atoms. The molecule has 2 N–H and O–H groups in total. The minimum atomic E-state index is -3.59. The quantitative estimate of drug-likeness (QED) is 0.903. The summed E-state index contributed by atoms with van der Waals surface area (Å²) in [5.41, 5.74) is 0. The Morgan fingerprint density at radius 3 is 2.86 bits per heavy atom. The van der Waals surface area contributed by atoms with Gasteiger partial charge in [0.05, 0.1) is 0 Å². The maximum atomic E-state index is 12.8. The molecular formula is C13H20N4O2S2. The number of aromatic nitrogens is 2. The number of nitrogens with zero attached hydrogens (tertiary/aromatic N) is 2. The van der Waals surface area contributed by atoms with Gasteiger partial charge in [-0.25, -0.2) is 18.1 Å². The van der Waals surface area contributed by atoms with Gasteiger partial charge in [-0.2, -0.15) is 0 Å². The van der Waals surface area contributed by atoms with Gasteiger partial charge in [0.15, 0.2) is 15.8 Å². The van der Waals surface area contributed by atoms with Crippen LogP contribution in [-0.4, -0.2) is 30.9 Å². The molecule has 0 aliphatic heterocycles. The SMILES string of the molecule is CNc1nc2sccn2c1S(=O)(=O)NC1CCCCC1C. The van der Waals surface area contributed by atoms with E-state index in [1.807, 2.05) is 5.38 Å². The second kappa shape index (κ2) is 5.58. The van der Waals surface area contributed by atoms with E-state index in [9.17, 15) is 8.42 Å². The molecule has 1 fully saturated rings. The van der Waals surface area contributed by atoms with Crippen LogP contribution in [-0.2, 0) is 10.0 Å². The van der Waals surface area contributed by atoms with E-state index in [0.717, 1.165) is 19.3 Å². The molecule has 0 aromatic carbocycles. The van der Waals surface area contributed by atoms with Gasteiger partial charge in [-0.3, -0.25) is 4.40 Å². The Labute approximate surface area is 128 Å². The number of thiazole rings is 1. The highest BCUT2D eigenvalue weighted by Gasteiger charge is 2.31. The normalized spacial score (nSPS) is 23.5. The summed E-state index contributed by atoms with van der Waals surface area (Å²) in [6.07, 6.45) is 5.99. The predicted octanol–water partition coefficient (Wildman–Crippen LogP) is 2.29. The molecule has 0 radical (unpaired) electrons. The van der Waals surface area contributed by atoms with Crippen molar-refractivity contribution in [1.82, 2.24) is 14.1 Å². The molecule has 6 nitrogen and oxygen atoms in total. The van der Waals surface area contributed by atoms with Gasteiger partial charge in [-0.1, -0.05) is 19.8 Å². The maximum Gasteiger partial charge on any atom is 0.260 e. The van der Waals surface area contributed by atoms with Gasteiger partial charge in [-0.15, -0.1) is 11.3 Å². The minimum absolute atomic E-state index is 0.0117. The largest absolute Gasteiger partial charge is 0.371 e. The predicted molar refractivity (Wildman–Crippen MR) is 84.4 cm³/mol. The molecule has 1 saturated carbocycles. The van der Waals surface area contributed by atoms with Crippen LogP contribution in [0.4, 0.5) is 5.82 Å². The molecule has 0 amide bonds. The average Bonchev–Trinajstić information content (AvgIpc) is 3.00. The molecule has 116 valence electrons. The number of hydrogen-bond donors (Lipinski definition) is 2. The van der Waals surface area contributed by atoms with E-state index in [1.165, 1.54) is 17.8 Å². The molecule has 1 aliphatic carbocycles. The number of rotatable bonds is 4. The lowest BCUT2D eigenvalue weighted by molar-refractivity contribution is 0.310. The van der Waals surface area contributed by atoms with Crippen molar-refractivity contribution in [3.8, 4) is 0 Å². The minimum Gasteiger partial charge on any atom is -0.371 e. The fraction of sp³-hybridized carbons (Fsp3) is 0.615. The highest BCUT2D eigenvalue weighted by Crippen LogP contribution is 2.28. The van der Waals surface area contributed by atoms with E-state index in [-0.39, 0.29) is 11.1 Å². The van der Waals surface area contributed by atoms with Crippen LogP contribution in [0.5, 0.6) is 0 Å².